The van der Waals surface area contributed by atoms with Crippen molar-refractivity contribution < 1.29 is 19.0 Å². The topological polar surface area (TPSA) is 61.8 Å². The van der Waals surface area contributed by atoms with E-state index in [-0.39, 0.29) is 23.9 Å². The van der Waals surface area contributed by atoms with Crippen LogP contribution in [0.25, 0.3) is 0 Å². The van der Waals surface area contributed by atoms with Crippen molar-refractivity contribution in [3.05, 3.63) is 35.1 Å². The molecule has 1 unspecified atom stereocenters. The monoisotopic (exact) mass is 350 g/mol. The zero-order valence-electron chi connectivity index (χ0n) is 14.9. The van der Waals surface area contributed by atoms with E-state index in [1.54, 1.807) is 11.0 Å². The van der Waals surface area contributed by atoms with Gasteiger partial charge in [-0.05, 0) is 36.6 Å². The molecule has 25 heavy (non-hydrogen) atoms. The van der Waals surface area contributed by atoms with E-state index in [4.69, 9.17) is 4.74 Å². The van der Waals surface area contributed by atoms with E-state index >= 15 is 0 Å². The molecule has 1 saturated carbocycles. The molecule has 6 heteroatoms. The molecule has 3 rings (SSSR count). The largest absolute Gasteiger partial charge is 0.388 e. The molecule has 1 fully saturated rings. The van der Waals surface area contributed by atoms with Crippen molar-refractivity contribution in [2.75, 3.05) is 19.7 Å². The first-order valence-corrected chi connectivity index (χ1v) is 9.01. The van der Waals surface area contributed by atoms with Gasteiger partial charge in [-0.3, -0.25) is 4.79 Å². The fraction of sp³-hybridized carbons (Fsp3) is 0.632. The number of nitrogens with one attached hydrogen (secondary N) is 1. The minimum Gasteiger partial charge on any atom is -0.388 e. The van der Waals surface area contributed by atoms with E-state index in [0.29, 0.717) is 39.1 Å². The van der Waals surface area contributed by atoms with E-state index in [1.807, 2.05) is 6.92 Å². The Balaban J connectivity index is 1.68. The number of fused-ring (bicyclic) bond motifs is 1. The molecule has 2 aliphatic rings. The molecular weight excluding hydrogens is 323 g/mol. The Morgan fingerprint density at radius 3 is 2.92 bits per heavy atom. The van der Waals surface area contributed by atoms with Gasteiger partial charge in [-0.25, -0.2) is 4.39 Å². The average molecular weight is 350 g/mol. The van der Waals surface area contributed by atoms with Gasteiger partial charge in [-0.15, -0.1) is 0 Å². The highest BCUT2D eigenvalue weighted by atomic mass is 19.1. The highest BCUT2D eigenvalue weighted by molar-refractivity contribution is 5.73. The van der Waals surface area contributed by atoms with E-state index in [2.05, 4.69) is 5.32 Å². The van der Waals surface area contributed by atoms with Crippen molar-refractivity contribution in [1.29, 1.82) is 0 Å². The summed E-state index contributed by atoms with van der Waals surface area (Å²) >= 11 is 0. The first kappa shape index (κ1) is 18.3. The Bertz CT molecular complexity index is 631. The summed E-state index contributed by atoms with van der Waals surface area (Å²) in [4.78, 5) is 13.5. The second kappa shape index (κ2) is 7.40. The van der Waals surface area contributed by atoms with E-state index in [9.17, 15) is 14.3 Å². The second-order valence-corrected chi connectivity index (χ2v) is 7.22. The summed E-state index contributed by atoms with van der Waals surface area (Å²) in [6.45, 7) is 5.67. The number of rotatable bonds is 5. The lowest BCUT2D eigenvalue weighted by Crippen LogP contribution is -2.54. The van der Waals surface area contributed by atoms with Crippen molar-refractivity contribution in [1.82, 2.24) is 10.2 Å². The molecule has 1 aliphatic heterocycles. The molecule has 1 amide bonds. The lowest BCUT2D eigenvalue weighted by atomic mass is 9.77. The van der Waals surface area contributed by atoms with Crippen LogP contribution in [0.2, 0.25) is 0 Å². The van der Waals surface area contributed by atoms with Crippen LogP contribution in [0.4, 0.5) is 4.39 Å². The quantitative estimate of drug-likeness (QED) is 0.854. The molecule has 1 atom stereocenters. The van der Waals surface area contributed by atoms with Gasteiger partial charge in [-0.2, -0.15) is 0 Å². The van der Waals surface area contributed by atoms with Crippen LogP contribution < -0.4 is 5.32 Å². The first-order valence-electron chi connectivity index (χ1n) is 9.01. The van der Waals surface area contributed by atoms with Crippen LogP contribution in [0.1, 0.15) is 50.3 Å². The van der Waals surface area contributed by atoms with Gasteiger partial charge in [-0.1, -0.05) is 6.07 Å². The predicted octanol–water partition coefficient (Wildman–Crippen LogP) is 2.14. The lowest BCUT2D eigenvalue weighted by molar-refractivity contribution is -0.136. The Hall–Kier alpha value is -1.50. The summed E-state index contributed by atoms with van der Waals surface area (Å²) in [6.07, 6.45) is 2.15. The third-order valence-corrected chi connectivity index (χ3v) is 5.27. The smallest absolute Gasteiger partial charge is 0.219 e. The van der Waals surface area contributed by atoms with Gasteiger partial charge in [0.05, 0.1) is 11.7 Å². The summed E-state index contributed by atoms with van der Waals surface area (Å²) in [7, 11) is 0. The molecule has 1 aromatic carbocycles. The number of carbonyl (C=O) groups excluding carboxylic acids is 1. The zero-order valence-corrected chi connectivity index (χ0v) is 14.9. The van der Waals surface area contributed by atoms with Crippen LogP contribution in [0.3, 0.4) is 0 Å². The third kappa shape index (κ3) is 4.19. The van der Waals surface area contributed by atoms with E-state index in [0.717, 1.165) is 17.5 Å². The summed E-state index contributed by atoms with van der Waals surface area (Å²) < 4.78 is 19.2. The SMILES string of the molecule is CCOC1CC(O)(CNC2CCN(C(C)=O)Cc3cc(F)ccc32)C1. The number of ether oxygens (including phenoxy) is 1. The van der Waals surface area contributed by atoms with Gasteiger partial charge < -0.3 is 20.1 Å². The maximum absolute atomic E-state index is 13.7. The number of amides is 1. The van der Waals surface area contributed by atoms with Crippen LogP contribution in [0.5, 0.6) is 0 Å². The minimum atomic E-state index is -0.743. The van der Waals surface area contributed by atoms with Crippen molar-refractivity contribution in [3.63, 3.8) is 0 Å². The molecule has 1 heterocycles. The number of hydrogen-bond donors (Lipinski definition) is 2. The number of benzene rings is 1. The molecule has 0 aromatic heterocycles. The van der Waals surface area contributed by atoms with Gasteiger partial charge in [0, 0.05) is 52.0 Å². The molecular formula is C19H27FN2O3. The molecule has 1 aromatic rings. The summed E-state index contributed by atoms with van der Waals surface area (Å²) in [6, 6.07) is 4.75. The van der Waals surface area contributed by atoms with Crippen molar-refractivity contribution >= 4 is 5.91 Å². The van der Waals surface area contributed by atoms with Crippen molar-refractivity contribution in [3.8, 4) is 0 Å². The normalized spacial score (nSPS) is 28.9. The minimum absolute atomic E-state index is 0.00452. The fourth-order valence-electron chi connectivity index (χ4n) is 3.86. The number of halogens is 1. The molecule has 2 N–H and O–H groups in total. The maximum atomic E-state index is 13.7. The van der Waals surface area contributed by atoms with Crippen LogP contribution in [0.15, 0.2) is 18.2 Å². The Labute approximate surface area is 148 Å². The molecule has 0 radical (unpaired) electrons. The summed E-state index contributed by atoms with van der Waals surface area (Å²) in [5, 5.41) is 14.0. The van der Waals surface area contributed by atoms with Crippen LogP contribution in [-0.4, -0.2) is 47.3 Å². The summed E-state index contributed by atoms with van der Waals surface area (Å²) in [5.41, 5.74) is 1.10. The Morgan fingerprint density at radius 1 is 1.48 bits per heavy atom. The lowest BCUT2D eigenvalue weighted by Gasteiger charge is -2.44. The van der Waals surface area contributed by atoms with E-state index in [1.165, 1.54) is 19.1 Å². The predicted molar refractivity (Wildman–Crippen MR) is 92.4 cm³/mol. The molecule has 138 valence electrons. The molecule has 5 nitrogen and oxygen atoms in total. The second-order valence-electron chi connectivity index (χ2n) is 7.22. The van der Waals surface area contributed by atoms with Crippen molar-refractivity contribution in [2.45, 2.75) is 57.4 Å². The van der Waals surface area contributed by atoms with Gasteiger partial charge in [0.25, 0.3) is 0 Å². The van der Waals surface area contributed by atoms with Crippen LogP contribution >= 0.6 is 0 Å². The Morgan fingerprint density at radius 2 is 2.24 bits per heavy atom. The Kier molecular flexibility index (Phi) is 5.41. The van der Waals surface area contributed by atoms with Gasteiger partial charge >= 0.3 is 0 Å². The van der Waals surface area contributed by atoms with E-state index < -0.39 is 5.60 Å². The fourth-order valence-corrected chi connectivity index (χ4v) is 3.86. The van der Waals surface area contributed by atoms with Crippen molar-refractivity contribution in [2.24, 2.45) is 0 Å². The molecule has 0 bridgehead atoms. The maximum Gasteiger partial charge on any atom is 0.219 e. The third-order valence-electron chi connectivity index (χ3n) is 5.27. The highest BCUT2D eigenvalue weighted by Gasteiger charge is 2.43. The zero-order chi connectivity index (χ0) is 18.0. The van der Waals surface area contributed by atoms with Gasteiger partial charge in [0.15, 0.2) is 0 Å². The summed E-state index contributed by atoms with van der Waals surface area (Å²) in [5.74, 6) is -0.298. The van der Waals surface area contributed by atoms with Crippen LogP contribution in [0, 0.1) is 5.82 Å². The van der Waals surface area contributed by atoms with Crippen LogP contribution in [-0.2, 0) is 16.1 Å². The highest BCUT2D eigenvalue weighted by Crippen LogP contribution is 2.35. The standard InChI is InChI=1S/C19H27FN2O3/c1-3-25-16-9-19(24,10-16)12-21-18-6-7-22(13(2)23)11-14-8-15(20)4-5-17(14)18/h4-5,8,16,18,21,24H,3,6-7,9-12H2,1-2H3. The number of nitrogens with zero attached hydrogens (tertiary/aromatic N) is 1. The number of hydrogen-bond acceptors (Lipinski definition) is 4. The molecule has 0 spiro atoms. The van der Waals surface area contributed by atoms with Gasteiger partial charge in [0.1, 0.15) is 5.82 Å². The molecule has 1 aliphatic carbocycles. The number of aliphatic hydroxyl groups is 1. The van der Waals surface area contributed by atoms with Gasteiger partial charge in [0.2, 0.25) is 5.91 Å². The first-order chi connectivity index (χ1) is 11.9. The molecule has 0 saturated heterocycles. The number of carbonyl (C=O) groups is 1. The average Bonchev–Trinajstić information content (AvgIpc) is 2.71.